The van der Waals surface area contributed by atoms with Gasteiger partial charge < -0.3 is 9.47 Å². The highest BCUT2D eigenvalue weighted by Gasteiger charge is 2.11. The maximum absolute atomic E-state index is 11.5. The van der Waals surface area contributed by atoms with Gasteiger partial charge in [0, 0.05) is 12.8 Å². The van der Waals surface area contributed by atoms with Crippen molar-refractivity contribution in [2.75, 3.05) is 6.61 Å². The Balaban J connectivity index is 3.72. The Morgan fingerprint density at radius 2 is 1.86 bits per heavy atom. The van der Waals surface area contributed by atoms with Crippen molar-refractivity contribution < 1.29 is 19.1 Å². The number of esters is 2. The van der Waals surface area contributed by atoms with Gasteiger partial charge >= 0.3 is 11.9 Å². The minimum absolute atomic E-state index is 0.215. The lowest BCUT2D eigenvalue weighted by Crippen LogP contribution is -2.16. The molecule has 21 heavy (non-hydrogen) atoms. The van der Waals surface area contributed by atoms with Crippen LogP contribution in [0.2, 0.25) is 0 Å². The molecular weight excluding hydrogens is 268 g/mol. The molecule has 0 aromatic carbocycles. The zero-order valence-corrected chi connectivity index (χ0v) is 13.3. The van der Waals surface area contributed by atoms with E-state index in [-0.39, 0.29) is 30.9 Å². The number of hydrogen-bond donors (Lipinski definition) is 0. The smallest absolute Gasteiger partial charge is 0.307 e. The van der Waals surface area contributed by atoms with Gasteiger partial charge in [0.25, 0.3) is 0 Å². The van der Waals surface area contributed by atoms with Crippen LogP contribution >= 0.6 is 0 Å². The van der Waals surface area contributed by atoms with Gasteiger partial charge in [0.15, 0.2) is 6.10 Å². The van der Waals surface area contributed by atoms with Crippen molar-refractivity contribution in [1.82, 2.24) is 0 Å². The quantitative estimate of drug-likeness (QED) is 0.268. The second-order valence-corrected chi connectivity index (χ2v) is 4.52. The lowest BCUT2D eigenvalue weighted by molar-refractivity contribution is -0.147. The molecule has 1 atom stereocenters. The molecule has 0 radical (unpaired) electrons. The van der Waals surface area contributed by atoms with Gasteiger partial charge in [-0.3, -0.25) is 9.59 Å². The Morgan fingerprint density at radius 1 is 1.14 bits per heavy atom. The Kier molecular flexibility index (Phi) is 12.1. The largest absolute Gasteiger partial charge is 0.465 e. The molecule has 0 bridgehead atoms. The van der Waals surface area contributed by atoms with Crippen LogP contribution < -0.4 is 0 Å². The molecule has 0 aromatic rings. The minimum Gasteiger partial charge on any atom is -0.465 e. The van der Waals surface area contributed by atoms with E-state index in [1.165, 1.54) is 0 Å². The molecule has 0 N–H and O–H groups in total. The van der Waals surface area contributed by atoms with Crippen LogP contribution in [0.5, 0.6) is 0 Å². The first kappa shape index (κ1) is 19.2. The van der Waals surface area contributed by atoms with E-state index in [1.54, 1.807) is 6.92 Å². The van der Waals surface area contributed by atoms with Crippen LogP contribution in [0.4, 0.5) is 0 Å². The average molecular weight is 294 g/mol. The average Bonchev–Trinajstić information content (AvgIpc) is 2.46. The van der Waals surface area contributed by atoms with Crippen molar-refractivity contribution in [2.45, 2.75) is 65.4 Å². The summed E-state index contributed by atoms with van der Waals surface area (Å²) in [7, 11) is 0. The van der Waals surface area contributed by atoms with Crippen LogP contribution in [0.15, 0.2) is 12.2 Å². The summed E-state index contributed by atoms with van der Waals surface area (Å²) in [5, 5.41) is 0. The molecule has 0 aromatic heterocycles. The number of carbonyl (C=O) groups excluding carboxylic acids is 2. The molecule has 0 aliphatic heterocycles. The first-order valence-corrected chi connectivity index (χ1v) is 7.56. The summed E-state index contributed by atoms with van der Waals surface area (Å²) >= 11 is 0. The van der Waals surface area contributed by atoms with E-state index in [2.05, 4.69) is 18.8 Å². The normalized spacial score (nSPS) is 11.6. The van der Waals surface area contributed by atoms with Crippen molar-refractivity contribution in [2.24, 2.45) is 0 Å². The van der Waals surface area contributed by atoms with E-state index in [9.17, 15) is 9.59 Å². The van der Waals surface area contributed by atoms with E-state index in [1.807, 2.05) is 19.1 Å². The molecule has 0 spiro atoms. The number of ether oxygens (including phenoxy) is 2. The van der Waals surface area contributed by atoms with Gasteiger partial charge in [-0.05, 0) is 32.6 Å². The molecule has 0 saturated carbocycles. The van der Waals surface area contributed by atoms with Crippen LogP contribution in [0, 0.1) is 11.8 Å². The topological polar surface area (TPSA) is 52.6 Å². The third-order valence-corrected chi connectivity index (χ3v) is 2.66. The number of carbonyl (C=O) groups is 2. The van der Waals surface area contributed by atoms with Gasteiger partial charge in [0.05, 0.1) is 6.61 Å². The highest BCUT2D eigenvalue weighted by molar-refractivity contribution is 5.72. The van der Waals surface area contributed by atoms with Crippen LogP contribution in [-0.2, 0) is 19.1 Å². The first-order valence-electron chi connectivity index (χ1n) is 7.56. The summed E-state index contributed by atoms with van der Waals surface area (Å²) in [5.41, 5.74) is 0. The highest BCUT2D eigenvalue weighted by Crippen LogP contribution is 2.04. The van der Waals surface area contributed by atoms with Crippen LogP contribution in [-0.4, -0.2) is 24.6 Å². The summed E-state index contributed by atoms with van der Waals surface area (Å²) < 4.78 is 10.2. The van der Waals surface area contributed by atoms with E-state index < -0.39 is 0 Å². The Hall–Kier alpha value is -1.76. The fourth-order valence-corrected chi connectivity index (χ4v) is 1.57. The van der Waals surface area contributed by atoms with Gasteiger partial charge in [-0.1, -0.05) is 31.9 Å². The molecule has 0 amide bonds. The van der Waals surface area contributed by atoms with E-state index in [4.69, 9.17) is 9.47 Å². The van der Waals surface area contributed by atoms with Crippen LogP contribution in [0.1, 0.15) is 59.3 Å². The summed E-state index contributed by atoms with van der Waals surface area (Å²) in [5.74, 6) is 4.96. The van der Waals surface area contributed by atoms with E-state index >= 15 is 0 Å². The van der Waals surface area contributed by atoms with Crippen molar-refractivity contribution in [3.8, 4) is 11.8 Å². The second-order valence-electron chi connectivity index (χ2n) is 4.52. The number of hydrogen-bond acceptors (Lipinski definition) is 4. The van der Waals surface area contributed by atoms with Crippen LogP contribution in [0.25, 0.3) is 0 Å². The summed E-state index contributed by atoms with van der Waals surface area (Å²) in [6, 6.07) is 0. The first-order chi connectivity index (χ1) is 10.1. The van der Waals surface area contributed by atoms with Gasteiger partial charge in [-0.25, -0.2) is 0 Å². The molecule has 0 aliphatic carbocycles. The highest BCUT2D eigenvalue weighted by atomic mass is 16.5. The molecular formula is C17H26O4. The number of allylic oxidation sites excluding steroid dienone is 1. The molecule has 0 fully saturated rings. The standard InChI is InChI=1S/C17H26O4/c1-4-7-8-9-14-20-16(18)12-10-13-17(19)21-15(6-3)11-5-2/h7-8,15H,4,6,9-10,12-14H2,1-3H3/b8-7+. The second kappa shape index (κ2) is 13.2. The van der Waals surface area contributed by atoms with Crippen LogP contribution in [0.3, 0.4) is 0 Å². The van der Waals surface area contributed by atoms with Crippen molar-refractivity contribution >= 4 is 11.9 Å². The fourth-order valence-electron chi connectivity index (χ4n) is 1.57. The van der Waals surface area contributed by atoms with Crippen molar-refractivity contribution in [1.29, 1.82) is 0 Å². The molecule has 0 rings (SSSR count). The Bertz CT molecular complexity index is 387. The van der Waals surface area contributed by atoms with Crippen molar-refractivity contribution in [3.05, 3.63) is 12.2 Å². The molecule has 1 unspecified atom stereocenters. The zero-order chi connectivity index (χ0) is 15.9. The van der Waals surface area contributed by atoms with Crippen molar-refractivity contribution in [3.63, 3.8) is 0 Å². The monoisotopic (exact) mass is 294 g/mol. The molecule has 0 aliphatic rings. The maximum Gasteiger partial charge on any atom is 0.307 e. The molecule has 4 heteroatoms. The molecule has 118 valence electrons. The van der Waals surface area contributed by atoms with Gasteiger partial charge in [0.2, 0.25) is 0 Å². The molecule has 0 saturated heterocycles. The minimum atomic E-state index is -0.347. The third kappa shape index (κ3) is 11.7. The summed E-state index contributed by atoms with van der Waals surface area (Å²) in [6.07, 6.45) is 6.96. The molecule has 4 nitrogen and oxygen atoms in total. The Morgan fingerprint density at radius 3 is 2.48 bits per heavy atom. The summed E-state index contributed by atoms with van der Waals surface area (Å²) in [4.78, 5) is 23.0. The van der Waals surface area contributed by atoms with Gasteiger partial charge in [-0.2, -0.15) is 0 Å². The lowest BCUT2D eigenvalue weighted by Gasteiger charge is -2.09. The van der Waals surface area contributed by atoms with E-state index in [0.717, 1.165) is 12.8 Å². The SMILES string of the molecule is CC#CC(CC)OC(=O)CCCC(=O)OCC/C=C/CC. The third-order valence-electron chi connectivity index (χ3n) is 2.66. The molecule has 0 heterocycles. The predicted octanol–water partition coefficient (Wildman–Crippen LogP) is 3.40. The van der Waals surface area contributed by atoms with Gasteiger partial charge in [-0.15, -0.1) is 5.92 Å². The Labute approximate surface area is 127 Å². The van der Waals surface area contributed by atoms with Gasteiger partial charge in [0.1, 0.15) is 0 Å². The summed E-state index contributed by atoms with van der Waals surface area (Å²) in [6.45, 7) is 6.06. The fraction of sp³-hybridized carbons (Fsp3) is 0.647. The number of rotatable bonds is 10. The van der Waals surface area contributed by atoms with E-state index in [0.29, 0.717) is 19.4 Å². The lowest BCUT2D eigenvalue weighted by atomic mass is 10.2. The maximum atomic E-state index is 11.5. The zero-order valence-electron chi connectivity index (χ0n) is 13.3. The predicted molar refractivity (Wildman–Crippen MR) is 82.5 cm³/mol.